The van der Waals surface area contributed by atoms with Gasteiger partial charge < -0.3 is 64.8 Å². The van der Waals surface area contributed by atoms with Crippen LogP contribution in [0.3, 0.4) is 0 Å². The fraction of sp³-hybridized carbons (Fsp3) is 0.155. The van der Waals surface area contributed by atoms with Gasteiger partial charge in [0, 0.05) is 26.9 Å². The van der Waals surface area contributed by atoms with E-state index in [1.165, 1.54) is 77.0 Å². The molecule has 0 spiro atoms. The van der Waals surface area contributed by atoms with Crippen LogP contribution >= 0.6 is 46.4 Å². The number of benzene rings is 6. The maximum Gasteiger partial charge on any atom is 1.00 e. The van der Waals surface area contributed by atoms with Crippen molar-refractivity contribution in [3.8, 4) is 23.0 Å². The van der Waals surface area contributed by atoms with Gasteiger partial charge in [0.1, 0.15) is 11.2 Å². The number of carbonyl (C=O) groups excluding carboxylic acids is 4. The molecule has 6 aromatic carbocycles. The zero-order valence-corrected chi connectivity index (χ0v) is 49.6. The molecule has 0 atom stereocenters. The predicted molar refractivity (Wildman–Crippen MR) is 320 cm³/mol. The fourth-order valence-corrected chi connectivity index (χ4v) is 7.95. The second-order valence-electron chi connectivity index (χ2n) is 16.7. The molecule has 0 aliphatic heterocycles. The van der Waals surface area contributed by atoms with Gasteiger partial charge in [0.05, 0.1) is 78.0 Å². The van der Waals surface area contributed by atoms with Crippen LogP contribution < -0.4 is 36.2 Å². The second kappa shape index (κ2) is 35.4. The summed E-state index contributed by atoms with van der Waals surface area (Å²) in [6, 6.07) is 29.5. The minimum atomic E-state index is -1.03. The number of oxime groups is 1. The van der Waals surface area contributed by atoms with E-state index in [0.29, 0.717) is 72.0 Å². The summed E-state index contributed by atoms with van der Waals surface area (Å²) >= 11 is 23.5. The Hall–Kier alpha value is -8.91. The smallest absolute Gasteiger partial charge is 0.870 e. The number of carbonyl (C=O) groups is 5. The van der Waals surface area contributed by atoms with Gasteiger partial charge in [0.25, 0.3) is 5.89 Å². The van der Waals surface area contributed by atoms with Crippen LogP contribution in [-0.2, 0) is 18.9 Å². The zero-order valence-electron chi connectivity index (χ0n) is 46.6. The van der Waals surface area contributed by atoms with Crippen LogP contribution in [0.4, 0.5) is 11.4 Å². The standard InChI is InChI=1S/C20H15ClN2O4.C11H10O3.C9H9ClN2O3.C9H6ClNO2.C8H8ClNO2.CH4.Li.H3NO.H2O/c1-10-4-5-11(2)17-14(10)9-16(26-17)19-22-18(23-27-19)13-7-6-12(8-15(13)21)20(24)25-3;1-6-3-4-7(2)10-8(6)5-9(14-10)11(12)13;1-15-9(13)5-2-3-6(7(10)4-5)8(11)12-14;1-11-8-4-3-6(5-7(8)10)9(12)13-2;1-12-8(11)5-2-3-7(10)6(9)4-5;;;1-2;/h4-9H,1-3H3;3-5H,1-2H3,(H,12,13);2-4,14H,1H3,(H2,11,12);3-5H,2H3;2-4H,10H2,1H3;1H4;;2H,1H2;1H2/q;;;;;;+1;;/p-1. The van der Waals surface area contributed by atoms with Crippen molar-refractivity contribution < 1.29 is 96.1 Å². The molecule has 10 N–H and O–H groups in total. The van der Waals surface area contributed by atoms with Crippen LogP contribution in [0.5, 0.6) is 0 Å². The summed E-state index contributed by atoms with van der Waals surface area (Å²) in [4.78, 5) is 62.9. The van der Waals surface area contributed by atoms with Crippen LogP contribution in [0.15, 0.2) is 128 Å². The normalized spacial score (nSPS) is 9.94. The van der Waals surface area contributed by atoms with Crippen LogP contribution in [0.25, 0.3) is 49.8 Å². The van der Waals surface area contributed by atoms with E-state index in [4.69, 9.17) is 93.3 Å². The number of carboxylic acid groups (broad SMARTS) is 1. The van der Waals surface area contributed by atoms with E-state index >= 15 is 0 Å². The van der Waals surface area contributed by atoms with Crippen molar-refractivity contribution in [3.63, 3.8) is 0 Å². The molecule has 3 heterocycles. The number of esters is 4. The van der Waals surface area contributed by atoms with Gasteiger partial charge in [-0.15, -0.1) is 0 Å². The van der Waals surface area contributed by atoms with Gasteiger partial charge in [-0.3, -0.25) is 0 Å². The number of hydrogen-bond acceptors (Lipinski definition) is 20. The van der Waals surface area contributed by atoms with E-state index < -0.39 is 29.8 Å². The summed E-state index contributed by atoms with van der Waals surface area (Å²) in [6.07, 6.45) is 0. The molecule has 3 aromatic heterocycles. The van der Waals surface area contributed by atoms with Gasteiger partial charge in [0.2, 0.25) is 17.3 Å². The van der Waals surface area contributed by atoms with Crippen molar-refractivity contribution >= 4 is 115 Å². The molecular formula is C58H56Cl4LiN7O16. The molecule has 0 bridgehead atoms. The molecule has 0 aliphatic carbocycles. The SMILES string of the molecule is C.COC(=O)c1ccc(-c2noc(-c3cc4c(C)ccc(C)c4o3)n2)c(Cl)c1.COC(=O)c1ccc(/C(N)=N\O)c(Cl)c1.COC(=O)c1ccc(N)c(Cl)c1.Cc1ccc(C)c2oc(C(=O)O)cc12.NO.[C-]#[N+]c1ccc(C(=O)OC)cc1Cl.[Li+].[OH-]. The first-order valence-corrected chi connectivity index (χ1v) is 25.0. The summed E-state index contributed by atoms with van der Waals surface area (Å²) in [6.45, 7) is 14.6. The Balaban J connectivity index is 0.000000550. The van der Waals surface area contributed by atoms with E-state index in [2.05, 4.69) is 45.0 Å². The van der Waals surface area contributed by atoms with Crippen molar-refractivity contribution in [2.24, 2.45) is 16.8 Å². The number of anilines is 1. The molecule has 448 valence electrons. The van der Waals surface area contributed by atoms with Crippen LogP contribution in [0.1, 0.15) is 87.2 Å². The van der Waals surface area contributed by atoms with Gasteiger partial charge >= 0.3 is 48.7 Å². The van der Waals surface area contributed by atoms with Crippen LogP contribution in [-0.4, -0.2) is 95.3 Å². The largest absolute Gasteiger partial charge is 1.00 e. The number of ether oxygens (including phenoxy) is 4. The molecule has 0 amide bonds. The van der Waals surface area contributed by atoms with Crippen molar-refractivity contribution in [2.45, 2.75) is 35.1 Å². The number of fused-ring (bicyclic) bond motifs is 2. The van der Waals surface area contributed by atoms with E-state index in [1.54, 1.807) is 30.3 Å². The molecule has 9 aromatic rings. The summed E-state index contributed by atoms with van der Waals surface area (Å²) in [5.41, 5.74) is 19.5. The van der Waals surface area contributed by atoms with Gasteiger partial charge in [-0.25, -0.2) is 34.7 Å². The first kappa shape index (κ1) is 75.1. The maximum atomic E-state index is 11.6. The van der Waals surface area contributed by atoms with Crippen molar-refractivity contribution in [1.29, 1.82) is 0 Å². The average molecular weight is 1260 g/mol. The van der Waals surface area contributed by atoms with Crippen molar-refractivity contribution in [3.05, 3.63) is 197 Å². The number of aromatic nitrogens is 2. The van der Waals surface area contributed by atoms with E-state index in [0.717, 1.165) is 38.6 Å². The number of nitrogens with two attached hydrogens (primary N) is 3. The molecule has 9 rings (SSSR count). The maximum absolute atomic E-state index is 11.6. The molecule has 0 saturated carbocycles. The number of aromatic carboxylic acids is 1. The zero-order chi connectivity index (χ0) is 61.8. The predicted octanol–water partition coefficient (Wildman–Crippen LogP) is 10.4. The number of nitrogens with zero attached hydrogens (tertiary/aromatic N) is 4. The Morgan fingerprint density at radius 1 is 0.605 bits per heavy atom. The van der Waals surface area contributed by atoms with Gasteiger partial charge in [-0.1, -0.05) is 101 Å². The minimum absolute atomic E-state index is 0. The Morgan fingerprint density at radius 3 is 1.45 bits per heavy atom. The number of carboxylic acids is 1. The second-order valence-corrected chi connectivity index (χ2v) is 18.3. The first-order valence-electron chi connectivity index (χ1n) is 23.5. The van der Waals surface area contributed by atoms with E-state index in [-0.39, 0.29) is 59.3 Å². The molecule has 0 fully saturated rings. The molecule has 0 saturated heterocycles. The summed E-state index contributed by atoms with van der Waals surface area (Å²) in [5.74, 6) is 1.56. The molecule has 86 heavy (non-hydrogen) atoms. The number of rotatable bonds is 8. The molecule has 28 heteroatoms. The van der Waals surface area contributed by atoms with E-state index in [9.17, 15) is 24.0 Å². The third-order valence-corrected chi connectivity index (χ3v) is 12.6. The molecule has 0 aliphatic rings. The van der Waals surface area contributed by atoms with E-state index in [1.807, 2.05) is 58.0 Å². The summed E-state index contributed by atoms with van der Waals surface area (Å²) in [7, 11) is 5.19. The number of aryl methyl sites for hydroxylation is 4. The van der Waals surface area contributed by atoms with Gasteiger partial charge in [-0.2, -0.15) is 4.98 Å². The topological polar surface area (TPSA) is 373 Å². The quantitative estimate of drug-likeness (QED) is 0.00947. The third-order valence-electron chi connectivity index (χ3n) is 11.4. The Bertz CT molecular complexity index is 3840. The number of furan rings is 2. The fourth-order valence-electron chi connectivity index (χ4n) is 7.01. The minimum Gasteiger partial charge on any atom is -0.870 e. The Morgan fingerprint density at radius 2 is 1.03 bits per heavy atom. The van der Waals surface area contributed by atoms with Crippen LogP contribution in [0.2, 0.25) is 20.1 Å². The van der Waals surface area contributed by atoms with Gasteiger partial charge in [0.15, 0.2) is 11.6 Å². The first-order chi connectivity index (χ1) is 39.5. The third kappa shape index (κ3) is 19.3. The molecule has 0 radical (unpaired) electrons. The molecular weight excluding hydrogens is 1200 g/mol. The van der Waals surface area contributed by atoms with Crippen LogP contribution in [0, 0.1) is 34.3 Å². The number of nitrogen functional groups attached to an aromatic ring is 1. The Kier molecular flexibility index (Phi) is 30.9. The monoisotopic (exact) mass is 1250 g/mol. The van der Waals surface area contributed by atoms with Gasteiger partial charge in [-0.05, 0) is 123 Å². The summed E-state index contributed by atoms with van der Waals surface area (Å²) in [5, 5.41) is 33.6. The van der Waals surface area contributed by atoms with Crippen molar-refractivity contribution in [2.75, 3.05) is 34.2 Å². The molecule has 23 nitrogen and oxygen atoms in total. The average Bonchev–Trinajstić information content (AvgIpc) is 2.07. The number of amidine groups is 1. The Labute approximate surface area is 524 Å². The number of halogens is 4. The summed E-state index contributed by atoms with van der Waals surface area (Å²) < 4.78 is 34.7. The number of methoxy groups -OCH3 is 4. The van der Waals surface area contributed by atoms with Crippen molar-refractivity contribution in [1.82, 2.24) is 10.1 Å². The molecule has 0 unspecified atom stereocenters. The number of hydrogen-bond donors (Lipinski definition) is 6.